The Kier molecular flexibility index (Phi) is 7.71. The van der Waals surface area contributed by atoms with E-state index >= 15 is 0 Å². The Balaban J connectivity index is 1.29. The van der Waals surface area contributed by atoms with Crippen molar-refractivity contribution in [1.29, 1.82) is 0 Å². The molecule has 6 heteroatoms. The molecule has 0 atom stereocenters. The summed E-state index contributed by atoms with van der Waals surface area (Å²) in [5, 5.41) is 2.92. The van der Waals surface area contributed by atoms with Gasteiger partial charge in [0.05, 0.1) is 13.1 Å². The molecule has 2 aliphatic rings. The minimum absolute atomic E-state index is 0.0219. The fourth-order valence-electron chi connectivity index (χ4n) is 4.03. The summed E-state index contributed by atoms with van der Waals surface area (Å²) < 4.78 is 5.65. The van der Waals surface area contributed by atoms with Crippen molar-refractivity contribution in [2.45, 2.75) is 39.0 Å². The van der Waals surface area contributed by atoms with E-state index in [1.54, 1.807) is 0 Å². The summed E-state index contributed by atoms with van der Waals surface area (Å²) in [5.74, 6) is 1.32. The number of nitrogens with one attached hydrogen (secondary N) is 1. The van der Waals surface area contributed by atoms with Gasteiger partial charge in [0.2, 0.25) is 11.8 Å². The number of nitrogens with zero attached hydrogens (tertiary/aromatic N) is 2. The van der Waals surface area contributed by atoms with Crippen molar-refractivity contribution >= 4 is 11.8 Å². The highest BCUT2D eigenvalue weighted by atomic mass is 16.5. The largest absolute Gasteiger partial charge is 0.492 e. The van der Waals surface area contributed by atoms with Crippen molar-refractivity contribution in [2.24, 2.45) is 5.92 Å². The van der Waals surface area contributed by atoms with Gasteiger partial charge in [-0.05, 0) is 69.8 Å². The van der Waals surface area contributed by atoms with Gasteiger partial charge in [-0.25, -0.2) is 0 Å². The molecule has 0 spiro atoms. The molecule has 2 saturated heterocycles. The summed E-state index contributed by atoms with van der Waals surface area (Å²) in [7, 11) is 0. The summed E-state index contributed by atoms with van der Waals surface area (Å²) in [6.45, 7) is 6.86. The maximum atomic E-state index is 12.6. The van der Waals surface area contributed by atoms with Crippen LogP contribution in [0.5, 0.6) is 5.75 Å². The molecule has 2 heterocycles. The minimum atomic E-state index is 0.0219. The molecule has 3 rings (SSSR count). The van der Waals surface area contributed by atoms with E-state index in [0.29, 0.717) is 25.6 Å². The van der Waals surface area contributed by atoms with E-state index in [0.717, 1.165) is 63.2 Å². The van der Waals surface area contributed by atoms with Crippen LogP contribution in [0.1, 0.15) is 37.7 Å². The predicted molar refractivity (Wildman–Crippen MR) is 109 cm³/mol. The number of carbonyl (C=O) groups excluding carboxylic acids is 2. The monoisotopic (exact) mass is 387 g/mol. The molecule has 0 bridgehead atoms. The van der Waals surface area contributed by atoms with Crippen LogP contribution in [-0.4, -0.2) is 67.5 Å². The number of ether oxygens (including phenoxy) is 1. The number of carbonyl (C=O) groups is 2. The van der Waals surface area contributed by atoms with Crippen LogP contribution in [0.4, 0.5) is 0 Å². The van der Waals surface area contributed by atoms with Crippen LogP contribution in [0.3, 0.4) is 0 Å². The number of hydrogen-bond donors (Lipinski definition) is 1. The second-order valence-corrected chi connectivity index (χ2v) is 7.95. The highest BCUT2D eigenvalue weighted by molar-refractivity contribution is 5.79. The van der Waals surface area contributed by atoms with E-state index in [9.17, 15) is 9.59 Å². The maximum absolute atomic E-state index is 12.6. The Hall–Kier alpha value is -2.08. The quantitative estimate of drug-likeness (QED) is 0.729. The molecule has 6 nitrogen and oxygen atoms in total. The van der Waals surface area contributed by atoms with Crippen LogP contribution >= 0.6 is 0 Å². The number of hydrogen-bond acceptors (Lipinski definition) is 4. The summed E-state index contributed by atoms with van der Waals surface area (Å²) in [6.07, 6.45) is 5.24. The lowest BCUT2D eigenvalue weighted by atomic mass is 9.94. The first kappa shape index (κ1) is 20.6. The fraction of sp³-hybridized carbons (Fsp3) is 0.636. The third-order valence-electron chi connectivity index (χ3n) is 5.65. The summed E-state index contributed by atoms with van der Waals surface area (Å²) in [4.78, 5) is 29.0. The Bertz CT molecular complexity index is 650. The number of rotatable bonds is 7. The number of benzene rings is 1. The Morgan fingerprint density at radius 1 is 1.11 bits per heavy atom. The zero-order valence-electron chi connectivity index (χ0n) is 17.0. The third kappa shape index (κ3) is 6.23. The average molecular weight is 388 g/mol. The number of piperidine rings is 2. The second kappa shape index (κ2) is 10.5. The number of aryl methyl sites for hydroxylation is 1. The topological polar surface area (TPSA) is 61.9 Å². The molecule has 2 aliphatic heterocycles. The van der Waals surface area contributed by atoms with Gasteiger partial charge >= 0.3 is 0 Å². The molecule has 28 heavy (non-hydrogen) atoms. The van der Waals surface area contributed by atoms with Crippen LogP contribution in [0.2, 0.25) is 0 Å². The Labute approximate surface area is 168 Å². The minimum Gasteiger partial charge on any atom is -0.492 e. The van der Waals surface area contributed by atoms with Crippen LogP contribution in [-0.2, 0) is 9.59 Å². The predicted octanol–water partition coefficient (Wildman–Crippen LogP) is 2.21. The summed E-state index contributed by atoms with van der Waals surface area (Å²) in [6, 6.07) is 7.89. The standard InChI is InChI=1S/C22H33N3O3/c1-18-6-5-7-20(16-18)28-15-10-23-21(26)17-24-13-8-19(9-14-24)22(27)25-11-3-2-4-12-25/h5-7,16,19H,2-4,8-15,17H2,1H3,(H,23,26). The van der Waals surface area contributed by atoms with Gasteiger partial charge < -0.3 is 15.0 Å². The fourth-order valence-corrected chi connectivity index (χ4v) is 4.03. The van der Waals surface area contributed by atoms with Gasteiger partial charge in [-0.3, -0.25) is 14.5 Å². The van der Waals surface area contributed by atoms with E-state index in [1.165, 1.54) is 6.42 Å². The molecular formula is C22H33N3O3. The van der Waals surface area contributed by atoms with E-state index in [4.69, 9.17) is 4.74 Å². The van der Waals surface area contributed by atoms with Crippen molar-refractivity contribution < 1.29 is 14.3 Å². The molecule has 0 aliphatic carbocycles. The first-order valence-electron chi connectivity index (χ1n) is 10.6. The lowest BCUT2D eigenvalue weighted by molar-refractivity contribution is -0.138. The van der Waals surface area contributed by atoms with Crippen molar-refractivity contribution in [2.75, 3.05) is 45.9 Å². The van der Waals surface area contributed by atoms with Crippen molar-refractivity contribution in [1.82, 2.24) is 15.1 Å². The molecule has 0 saturated carbocycles. The van der Waals surface area contributed by atoms with E-state index in [1.807, 2.05) is 36.1 Å². The molecule has 2 amide bonds. The van der Waals surface area contributed by atoms with Crippen LogP contribution < -0.4 is 10.1 Å². The highest BCUT2D eigenvalue weighted by Crippen LogP contribution is 2.21. The molecule has 0 aromatic heterocycles. The van der Waals surface area contributed by atoms with Crippen LogP contribution in [0.15, 0.2) is 24.3 Å². The number of amides is 2. The first-order valence-corrected chi connectivity index (χ1v) is 10.6. The SMILES string of the molecule is Cc1cccc(OCCNC(=O)CN2CCC(C(=O)N3CCCCC3)CC2)c1. The van der Waals surface area contributed by atoms with Gasteiger partial charge in [0.25, 0.3) is 0 Å². The van der Waals surface area contributed by atoms with Gasteiger partial charge in [0.1, 0.15) is 12.4 Å². The molecule has 2 fully saturated rings. The van der Waals surface area contributed by atoms with Gasteiger partial charge in [0.15, 0.2) is 0 Å². The molecular weight excluding hydrogens is 354 g/mol. The lowest BCUT2D eigenvalue weighted by Gasteiger charge is -2.35. The molecule has 1 aromatic rings. The number of likely N-dealkylation sites (tertiary alicyclic amines) is 2. The van der Waals surface area contributed by atoms with E-state index in [2.05, 4.69) is 10.2 Å². The molecule has 154 valence electrons. The van der Waals surface area contributed by atoms with E-state index < -0.39 is 0 Å². The summed E-state index contributed by atoms with van der Waals surface area (Å²) >= 11 is 0. The lowest BCUT2D eigenvalue weighted by Crippen LogP contribution is -2.46. The average Bonchev–Trinajstić information content (AvgIpc) is 2.72. The van der Waals surface area contributed by atoms with Crippen molar-refractivity contribution in [3.63, 3.8) is 0 Å². The molecule has 0 radical (unpaired) electrons. The van der Waals surface area contributed by atoms with E-state index in [-0.39, 0.29) is 11.8 Å². The highest BCUT2D eigenvalue weighted by Gasteiger charge is 2.29. The second-order valence-electron chi connectivity index (χ2n) is 7.95. The zero-order valence-corrected chi connectivity index (χ0v) is 17.0. The Morgan fingerprint density at radius 3 is 2.57 bits per heavy atom. The van der Waals surface area contributed by atoms with Gasteiger partial charge in [0, 0.05) is 19.0 Å². The van der Waals surface area contributed by atoms with Crippen LogP contribution in [0, 0.1) is 12.8 Å². The van der Waals surface area contributed by atoms with Gasteiger partial charge in [-0.2, -0.15) is 0 Å². The molecule has 1 aromatic carbocycles. The smallest absolute Gasteiger partial charge is 0.234 e. The Morgan fingerprint density at radius 2 is 1.86 bits per heavy atom. The molecule has 1 N–H and O–H groups in total. The maximum Gasteiger partial charge on any atom is 0.234 e. The summed E-state index contributed by atoms with van der Waals surface area (Å²) in [5.41, 5.74) is 1.16. The van der Waals surface area contributed by atoms with Gasteiger partial charge in [-0.15, -0.1) is 0 Å². The van der Waals surface area contributed by atoms with Crippen molar-refractivity contribution in [3.8, 4) is 5.75 Å². The zero-order chi connectivity index (χ0) is 19.8. The first-order chi connectivity index (χ1) is 13.6. The van der Waals surface area contributed by atoms with Crippen molar-refractivity contribution in [3.05, 3.63) is 29.8 Å². The van der Waals surface area contributed by atoms with Gasteiger partial charge in [-0.1, -0.05) is 12.1 Å². The van der Waals surface area contributed by atoms with Crippen LogP contribution in [0.25, 0.3) is 0 Å². The normalized spacial score (nSPS) is 18.7. The third-order valence-corrected chi connectivity index (χ3v) is 5.65. The molecule has 0 unspecified atom stereocenters.